The topological polar surface area (TPSA) is 28.2 Å². The summed E-state index contributed by atoms with van der Waals surface area (Å²) in [6.07, 6.45) is 1.89. The van der Waals surface area contributed by atoms with Gasteiger partial charge < -0.3 is 10.2 Å². The van der Waals surface area contributed by atoms with Gasteiger partial charge in [-0.15, -0.1) is 0 Å². The Morgan fingerprint density at radius 2 is 1.82 bits per heavy atom. The first-order valence-corrected chi connectivity index (χ1v) is 5.63. The minimum atomic E-state index is 1.01. The fourth-order valence-corrected chi connectivity index (χ4v) is 1.69. The summed E-state index contributed by atoms with van der Waals surface area (Å²) >= 11 is 0. The van der Waals surface area contributed by atoms with Crippen LogP contribution in [0.25, 0.3) is 0 Å². The predicted molar refractivity (Wildman–Crippen MR) is 73.0 cm³/mol. The number of nitrogens with zero attached hydrogens (tertiary/aromatic N) is 2. The Kier molecular flexibility index (Phi) is 3.28. The molecule has 0 spiro atoms. The molecule has 1 aromatic carbocycles. The van der Waals surface area contributed by atoms with Crippen LogP contribution in [-0.4, -0.2) is 19.1 Å². The van der Waals surface area contributed by atoms with Crippen LogP contribution in [-0.2, 0) is 0 Å². The molecule has 1 N–H and O–H groups in total. The van der Waals surface area contributed by atoms with Crippen molar-refractivity contribution < 1.29 is 0 Å². The molecule has 88 valence electrons. The van der Waals surface area contributed by atoms with Crippen molar-refractivity contribution in [2.45, 2.75) is 6.92 Å². The predicted octanol–water partition coefficient (Wildman–Crippen LogP) is 3.20. The van der Waals surface area contributed by atoms with Crippen molar-refractivity contribution in [3.63, 3.8) is 0 Å². The number of rotatable bonds is 3. The molecule has 0 fully saturated rings. The zero-order chi connectivity index (χ0) is 12.3. The highest BCUT2D eigenvalue weighted by Crippen LogP contribution is 2.27. The van der Waals surface area contributed by atoms with Gasteiger partial charge in [0.25, 0.3) is 0 Å². The van der Waals surface area contributed by atoms with E-state index in [9.17, 15) is 0 Å². The summed E-state index contributed by atoms with van der Waals surface area (Å²) in [6, 6.07) is 12.2. The summed E-state index contributed by atoms with van der Waals surface area (Å²) < 4.78 is 0. The van der Waals surface area contributed by atoms with Gasteiger partial charge in [-0.1, -0.05) is 18.2 Å². The van der Waals surface area contributed by atoms with Crippen molar-refractivity contribution in [1.82, 2.24) is 4.98 Å². The molecule has 0 aliphatic rings. The van der Waals surface area contributed by atoms with Crippen LogP contribution in [0.5, 0.6) is 0 Å². The van der Waals surface area contributed by atoms with Crippen LogP contribution in [0.3, 0.4) is 0 Å². The second-order valence-electron chi connectivity index (χ2n) is 4.23. The van der Waals surface area contributed by atoms with E-state index in [0.29, 0.717) is 0 Å². The van der Waals surface area contributed by atoms with E-state index in [2.05, 4.69) is 33.4 Å². The van der Waals surface area contributed by atoms with Crippen molar-refractivity contribution in [3.8, 4) is 0 Å². The molecule has 0 aliphatic heterocycles. The van der Waals surface area contributed by atoms with Gasteiger partial charge in [0.1, 0.15) is 0 Å². The molecule has 0 saturated carbocycles. The second kappa shape index (κ2) is 4.87. The standard InChI is InChI=1S/C14H17N3/c1-11-9-13(14(10-15-11)17(2)3)16-12-7-5-4-6-8-12/h4-10H,1-3H3,(H,15,16). The lowest BCUT2D eigenvalue weighted by Gasteiger charge is -2.18. The van der Waals surface area contributed by atoms with Crippen molar-refractivity contribution in [2.24, 2.45) is 0 Å². The smallest absolute Gasteiger partial charge is 0.0786 e. The maximum atomic E-state index is 4.32. The third kappa shape index (κ3) is 2.75. The first kappa shape index (κ1) is 11.5. The molecule has 3 heteroatoms. The fourth-order valence-electron chi connectivity index (χ4n) is 1.69. The van der Waals surface area contributed by atoms with E-state index in [1.807, 2.05) is 45.4 Å². The van der Waals surface area contributed by atoms with Gasteiger partial charge in [0.15, 0.2) is 0 Å². The molecule has 1 aromatic heterocycles. The fraction of sp³-hybridized carbons (Fsp3) is 0.214. The number of pyridine rings is 1. The molecule has 1 heterocycles. The summed E-state index contributed by atoms with van der Waals surface area (Å²) in [7, 11) is 4.03. The number of aromatic nitrogens is 1. The normalized spacial score (nSPS) is 10.1. The van der Waals surface area contributed by atoms with Crippen LogP contribution in [0.2, 0.25) is 0 Å². The maximum absolute atomic E-state index is 4.32. The van der Waals surface area contributed by atoms with Crippen molar-refractivity contribution in [2.75, 3.05) is 24.3 Å². The molecule has 2 rings (SSSR count). The summed E-state index contributed by atoms with van der Waals surface area (Å²) in [5.74, 6) is 0. The summed E-state index contributed by atoms with van der Waals surface area (Å²) in [5, 5.41) is 3.41. The Balaban J connectivity index is 2.34. The number of hydrogen-bond acceptors (Lipinski definition) is 3. The highest BCUT2D eigenvalue weighted by atomic mass is 15.1. The minimum absolute atomic E-state index is 1.01. The van der Waals surface area contributed by atoms with Gasteiger partial charge in [0.05, 0.1) is 17.6 Å². The Labute approximate surface area is 102 Å². The molecular weight excluding hydrogens is 210 g/mol. The lowest BCUT2D eigenvalue weighted by molar-refractivity contribution is 1.09. The van der Waals surface area contributed by atoms with Gasteiger partial charge in [0, 0.05) is 25.5 Å². The number of para-hydroxylation sites is 1. The van der Waals surface area contributed by atoms with Crippen molar-refractivity contribution in [3.05, 3.63) is 48.3 Å². The molecular formula is C14H17N3. The maximum Gasteiger partial charge on any atom is 0.0786 e. The number of nitrogens with one attached hydrogen (secondary N) is 1. The first-order valence-electron chi connectivity index (χ1n) is 5.63. The van der Waals surface area contributed by atoms with E-state index in [0.717, 1.165) is 22.8 Å². The van der Waals surface area contributed by atoms with Crippen LogP contribution in [0.1, 0.15) is 5.69 Å². The molecule has 0 unspecified atom stereocenters. The van der Waals surface area contributed by atoms with Crippen LogP contribution in [0, 0.1) is 6.92 Å². The van der Waals surface area contributed by atoms with Gasteiger partial charge in [0.2, 0.25) is 0 Å². The van der Waals surface area contributed by atoms with E-state index in [-0.39, 0.29) is 0 Å². The molecule has 0 bridgehead atoms. The van der Waals surface area contributed by atoms with Gasteiger partial charge in [-0.05, 0) is 25.1 Å². The molecule has 0 aliphatic carbocycles. The van der Waals surface area contributed by atoms with E-state index in [4.69, 9.17) is 0 Å². The van der Waals surface area contributed by atoms with E-state index in [1.165, 1.54) is 0 Å². The quantitative estimate of drug-likeness (QED) is 0.872. The van der Waals surface area contributed by atoms with E-state index >= 15 is 0 Å². The number of benzene rings is 1. The van der Waals surface area contributed by atoms with Gasteiger partial charge in [-0.3, -0.25) is 4.98 Å². The Morgan fingerprint density at radius 3 is 2.47 bits per heavy atom. The van der Waals surface area contributed by atoms with Crippen molar-refractivity contribution >= 4 is 17.1 Å². The van der Waals surface area contributed by atoms with Crippen molar-refractivity contribution in [1.29, 1.82) is 0 Å². The lowest BCUT2D eigenvalue weighted by atomic mass is 10.2. The molecule has 0 atom stereocenters. The number of aryl methyl sites for hydroxylation is 1. The number of hydrogen-bond donors (Lipinski definition) is 1. The Bertz CT molecular complexity index is 492. The Hall–Kier alpha value is -2.03. The minimum Gasteiger partial charge on any atom is -0.375 e. The van der Waals surface area contributed by atoms with Gasteiger partial charge in [-0.2, -0.15) is 0 Å². The highest BCUT2D eigenvalue weighted by Gasteiger charge is 2.05. The highest BCUT2D eigenvalue weighted by molar-refractivity contribution is 5.74. The van der Waals surface area contributed by atoms with Gasteiger partial charge in [-0.25, -0.2) is 0 Å². The average molecular weight is 227 g/mol. The summed E-state index contributed by atoms with van der Waals surface area (Å²) in [5.41, 5.74) is 4.25. The zero-order valence-electron chi connectivity index (χ0n) is 10.4. The lowest BCUT2D eigenvalue weighted by Crippen LogP contribution is -2.11. The number of anilines is 3. The molecule has 0 amide bonds. The van der Waals surface area contributed by atoms with Gasteiger partial charge >= 0.3 is 0 Å². The molecule has 3 nitrogen and oxygen atoms in total. The molecule has 0 saturated heterocycles. The molecule has 2 aromatic rings. The first-order chi connectivity index (χ1) is 8.16. The van der Waals surface area contributed by atoms with Crippen LogP contribution < -0.4 is 10.2 Å². The third-order valence-corrected chi connectivity index (χ3v) is 2.55. The third-order valence-electron chi connectivity index (χ3n) is 2.55. The average Bonchev–Trinajstić information content (AvgIpc) is 2.30. The van der Waals surface area contributed by atoms with Crippen LogP contribution in [0.15, 0.2) is 42.6 Å². The largest absolute Gasteiger partial charge is 0.375 e. The van der Waals surface area contributed by atoms with Crippen LogP contribution >= 0.6 is 0 Å². The summed E-state index contributed by atoms with van der Waals surface area (Å²) in [4.78, 5) is 6.37. The second-order valence-corrected chi connectivity index (χ2v) is 4.23. The SMILES string of the molecule is Cc1cc(Nc2ccccc2)c(N(C)C)cn1. The monoisotopic (exact) mass is 227 g/mol. The van der Waals surface area contributed by atoms with Crippen LogP contribution in [0.4, 0.5) is 17.1 Å². The van der Waals surface area contributed by atoms with E-state index < -0.39 is 0 Å². The zero-order valence-corrected chi connectivity index (χ0v) is 10.4. The molecule has 0 radical (unpaired) electrons. The van der Waals surface area contributed by atoms with E-state index in [1.54, 1.807) is 0 Å². The molecule has 17 heavy (non-hydrogen) atoms. The Morgan fingerprint density at radius 1 is 1.12 bits per heavy atom. The summed E-state index contributed by atoms with van der Waals surface area (Å²) in [6.45, 7) is 2.00.